The van der Waals surface area contributed by atoms with Crippen LogP contribution in [0.1, 0.15) is 25.3 Å². The highest BCUT2D eigenvalue weighted by Gasteiger charge is 2.19. The van der Waals surface area contributed by atoms with Crippen molar-refractivity contribution in [3.8, 4) is 17.1 Å². The highest BCUT2D eigenvalue weighted by atomic mass is 16.3. The molecule has 2 N–H and O–H groups in total. The monoisotopic (exact) mass is 321 g/mol. The third-order valence-corrected chi connectivity index (χ3v) is 5.04. The van der Waals surface area contributed by atoms with E-state index < -0.39 is 0 Å². The van der Waals surface area contributed by atoms with Gasteiger partial charge in [0.05, 0.1) is 11.0 Å². The van der Waals surface area contributed by atoms with Gasteiger partial charge in [-0.1, -0.05) is 37.3 Å². The molecule has 0 atom stereocenters. The zero-order valence-electron chi connectivity index (χ0n) is 14.0. The fourth-order valence-electron chi connectivity index (χ4n) is 3.45. The molecule has 4 rings (SSSR count). The van der Waals surface area contributed by atoms with E-state index in [1.807, 2.05) is 36.4 Å². The predicted octanol–water partition coefficient (Wildman–Crippen LogP) is 4.17. The Bertz CT molecular complexity index is 833. The number of phenols is 1. The SMILES string of the molecule is CC1CCN(Cc2c(O)ccc3[nH]c(-c4ccccc4)nc23)CC1. The minimum absolute atomic E-state index is 0.340. The third-order valence-electron chi connectivity index (χ3n) is 5.04. The van der Waals surface area contributed by atoms with E-state index in [9.17, 15) is 5.11 Å². The van der Waals surface area contributed by atoms with Crippen LogP contribution in [0.4, 0.5) is 0 Å². The van der Waals surface area contributed by atoms with E-state index in [2.05, 4.69) is 16.8 Å². The van der Waals surface area contributed by atoms with Crippen molar-refractivity contribution in [1.82, 2.24) is 14.9 Å². The Hall–Kier alpha value is -2.33. The number of aromatic amines is 1. The number of imidazole rings is 1. The quantitative estimate of drug-likeness (QED) is 0.761. The fourth-order valence-corrected chi connectivity index (χ4v) is 3.45. The summed E-state index contributed by atoms with van der Waals surface area (Å²) in [7, 11) is 0. The summed E-state index contributed by atoms with van der Waals surface area (Å²) >= 11 is 0. The second kappa shape index (κ2) is 6.29. The van der Waals surface area contributed by atoms with Crippen LogP contribution in [0.2, 0.25) is 0 Å². The van der Waals surface area contributed by atoms with Crippen LogP contribution >= 0.6 is 0 Å². The first-order valence-corrected chi connectivity index (χ1v) is 8.69. The summed E-state index contributed by atoms with van der Waals surface area (Å²) in [6.07, 6.45) is 2.46. The lowest BCUT2D eigenvalue weighted by Crippen LogP contribution is -2.32. The first kappa shape index (κ1) is 15.2. The van der Waals surface area contributed by atoms with Crippen LogP contribution in [0.25, 0.3) is 22.4 Å². The summed E-state index contributed by atoms with van der Waals surface area (Å²) in [5, 5.41) is 10.4. The number of rotatable bonds is 3. The number of phenolic OH excluding ortho intramolecular Hbond substituents is 1. The van der Waals surface area contributed by atoms with Crippen LogP contribution in [0.15, 0.2) is 42.5 Å². The highest BCUT2D eigenvalue weighted by molar-refractivity contribution is 5.84. The lowest BCUT2D eigenvalue weighted by Gasteiger charge is -2.30. The van der Waals surface area contributed by atoms with E-state index in [4.69, 9.17) is 4.98 Å². The summed E-state index contributed by atoms with van der Waals surface area (Å²) in [6, 6.07) is 13.8. The van der Waals surface area contributed by atoms with Gasteiger partial charge in [-0.15, -0.1) is 0 Å². The molecule has 0 radical (unpaired) electrons. The number of nitrogens with one attached hydrogen (secondary N) is 1. The van der Waals surface area contributed by atoms with Gasteiger partial charge in [-0.3, -0.25) is 4.90 Å². The minimum atomic E-state index is 0.340. The molecule has 1 aliphatic rings. The first-order valence-electron chi connectivity index (χ1n) is 8.69. The van der Waals surface area contributed by atoms with Crippen LogP contribution in [0, 0.1) is 5.92 Å². The number of hydrogen-bond acceptors (Lipinski definition) is 3. The Morgan fingerprint density at radius 1 is 1.12 bits per heavy atom. The van der Waals surface area contributed by atoms with Gasteiger partial charge in [-0.2, -0.15) is 0 Å². The van der Waals surface area contributed by atoms with E-state index >= 15 is 0 Å². The van der Waals surface area contributed by atoms with Gasteiger partial charge in [0.15, 0.2) is 0 Å². The number of hydrogen-bond donors (Lipinski definition) is 2. The number of H-pyrrole nitrogens is 1. The highest BCUT2D eigenvalue weighted by Crippen LogP contribution is 2.30. The largest absolute Gasteiger partial charge is 0.508 e. The molecule has 1 saturated heterocycles. The van der Waals surface area contributed by atoms with E-state index in [1.54, 1.807) is 6.07 Å². The summed E-state index contributed by atoms with van der Waals surface area (Å²) in [4.78, 5) is 10.6. The van der Waals surface area contributed by atoms with Crippen LogP contribution in [-0.2, 0) is 6.54 Å². The maximum atomic E-state index is 10.4. The van der Waals surface area contributed by atoms with E-state index in [0.29, 0.717) is 5.75 Å². The first-order chi connectivity index (χ1) is 11.7. The Labute approximate surface area is 142 Å². The molecule has 2 heterocycles. The van der Waals surface area contributed by atoms with Gasteiger partial charge in [-0.05, 0) is 44.0 Å². The predicted molar refractivity (Wildman–Crippen MR) is 96.9 cm³/mol. The lowest BCUT2D eigenvalue weighted by molar-refractivity contribution is 0.184. The van der Waals surface area contributed by atoms with Crippen molar-refractivity contribution in [3.63, 3.8) is 0 Å². The molecule has 1 aromatic heterocycles. The molecular formula is C20H23N3O. The normalized spacial score (nSPS) is 16.7. The summed E-state index contributed by atoms with van der Waals surface area (Å²) < 4.78 is 0. The van der Waals surface area contributed by atoms with E-state index in [-0.39, 0.29) is 0 Å². The molecule has 0 bridgehead atoms. The summed E-state index contributed by atoms with van der Waals surface area (Å²) in [5.41, 5.74) is 3.85. The molecule has 124 valence electrons. The van der Waals surface area contributed by atoms with Crippen molar-refractivity contribution in [1.29, 1.82) is 0 Å². The molecule has 4 heteroatoms. The molecule has 0 aliphatic carbocycles. The van der Waals surface area contributed by atoms with Gasteiger partial charge in [-0.25, -0.2) is 4.98 Å². The average Bonchev–Trinajstić information content (AvgIpc) is 3.05. The number of aromatic nitrogens is 2. The number of piperidine rings is 1. The van der Waals surface area contributed by atoms with Crippen LogP contribution in [0.5, 0.6) is 5.75 Å². The average molecular weight is 321 g/mol. The van der Waals surface area contributed by atoms with Crippen molar-refractivity contribution in [2.45, 2.75) is 26.3 Å². The number of aromatic hydroxyl groups is 1. The van der Waals surface area contributed by atoms with Crippen molar-refractivity contribution >= 4 is 11.0 Å². The third kappa shape index (κ3) is 2.89. The zero-order chi connectivity index (χ0) is 16.5. The van der Waals surface area contributed by atoms with Gasteiger partial charge in [0.1, 0.15) is 11.6 Å². The van der Waals surface area contributed by atoms with Crippen molar-refractivity contribution in [2.24, 2.45) is 5.92 Å². The van der Waals surface area contributed by atoms with E-state index in [0.717, 1.165) is 53.5 Å². The Morgan fingerprint density at radius 2 is 1.88 bits per heavy atom. The Kier molecular flexibility index (Phi) is 3.98. The van der Waals surface area contributed by atoms with Crippen LogP contribution in [0.3, 0.4) is 0 Å². The molecule has 3 aromatic rings. The van der Waals surface area contributed by atoms with Crippen LogP contribution < -0.4 is 0 Å². The zero-order valence-corrected chi connectivity index (χ0v) is 14.0. The summed E-state index contributed by atoms with van der Waals surface area (Å²) in [6.45, 7) is 5.25. The molecular weight excluding hydrogens is 298 g/mol. The molecule has 1 aliphatic heterocycles. The standard InChI is InChI=1S/C20H23N3O/c1-14-9-11-23(12-10-14)13-16-18(24)8-7-17-19(16)22-20(21-17)15-5-3-2-4-6-15/h2-8,14,24H,9-13H2,1H3,(H,21,22). The minimum Gasteiger partial charge on any atom is -0.508 e. The van der Waals surface area contributed by atoms with Gasteiger partial charge in [0, 0.05) is 17.7 Å². The molecule has 2 aromatic carbocycles. The molecule has 0 amide bonds. The lowest BCUT2D eigenvalue weighted by atomic mass is 9.98. The topological polar surface area (TPSA) is 52.1 Å². The second-order valence-corrected chi connectivity index (χ2v) is 6.87. The van der Waals surface area contributed by atoms with Crippen molar-refractivity contribution in [3.05, 3.63) is 48.0 Å². The summed E-state index contributed by atoms with van der Waals surface area (Å²) in [5.74, 6) is 2.00. The Morgan fingerprint density at radius 3 is 2.62 bits per heavy atom. The van der Waals surface area contributed by atoms with Gasteiger partial charge in [0.2, 0.25) is 0 Å². The molecule has 4 nitrogen and oxygen atoms in total. The molecule has 0 spiro atoms. The molecule has 24 heavy (non-hydrogen) atoms. The molecule has 0 saturated carbocycles. The van der Waals surface area contributed by atoms with Gasteiger partial charge in [0.25, 0.3) is 0 Å². The van der Waals surface area contributed by atoms with Crippen molar-refractivity contribution < 1.29 is 5.11 Å². The molecule has 0 unspecified atom stereocenters. The van der Waals surface area contributed by atoms with Gasteiger partial charge >= 0.3 is 0 Å². The van der Waals surface area contributed by atoms with Crippen LogP contribution in [-0.4, -0.2) is 33.1 Å². The maximum Gasteiger partial charge on any atom is 0.138 e. The second-order valence-electron chi connectivity index (χ2n) is 6.87. The van der Waals surface area contributed by atoms with Crippen molar-refractivity contribution in [2.75, 3.05) is 13.1 Å². The molecule has 1 fully saturated rings. The smallest absolute Gasteiger partial charge is 0.138 e. The van der Waals surface area contributed by atoms with Gasteiger partial charge < -0.3 is 10.1 Å². The Balaban J connectivity index is 1.69. The van der Waals surface area contributed by atoms with E-state index in [1.165, 1.54) is 12.8 Å². The number of nitrogens with zero attached hydrogens (tertiary/aromatic N) is 2. The number of fused-ring (bicyclic) bond motifs is 1. The number of benzene rings is 2. The maximum absolute atomic E-state index is 10.4. The fraction of sp³-hybridized carbons (Fsp3) is 0.350. The number of likely N-dealkylation sites (tertiary alicyclic amines) is 1.